The number of nitrogens with one attached hydrogen (secondary N) is 1. The number of rotatable bonds is 2. The Labute approximate surface area is 164 Å². The van der Waals surface area contributed by atoms with Crippen LogP contribution in [0, 0.1) is 5.92 Å². The molecule has 144 valence electrons. The minimum absolute atomic E-state index is 0.0263. The van der Waals surface area contributed by atoms with Crippen molar-refractivity contribution in [3.63, 3.8) is 0 Å². The molecule has 27 heavy (non-hydrogen) atoms. The molecular formula is C21H27N3O2S. The van der Waals surface area contributed by atoms with Crippen LogP contribution in [-0.2, 0) is 0 Å². The molecule has 3 fully saturated rings. The summed E-state index contributed by atoms with van der Waals surface area (Å²) in [6, 6.07) is 6.43. The fourth-order valence-electron chi connectivity index (χ4n) is 5.11. The van der Waals surface area contributed by atoms with Crippen LogP contribution in [0.1, 0.15) is 36.4 Å². The number of amides is 1. The van der Waals surface area contributed by atoms with Crippen molar-refractivity contribution >= 4 is 33.0 Å². The zero-order valence-corrected chi connectivity index (χ0v) is 17.1. The topological polar surface area (TPSA) is 44.8 Å². The fourth-order valence-corrected chi connectivity index (χ4v) is 6.17. The van der Waals surface area contributed by atoms with Crippen molar-refractivity contribution in [1.29, 1.82) is 0 Å². The summed E-state index contributed by atoms with van der Waals surface area (Å²) in [5.41, 5.74) is 1.14. The van der Waals surface area contributed by atoms with Gasteiger partial charge in [-0.2, -0.15) is 0 Å². The van der Waals surface area contributed by atoms with E-state index in [1.54, 1.807) is 11.3 Å². The third kappa shape index (κ3) is 2.64. The van der Waals surface area contributed by atoms with Crippen molar-refractivity contribution in [2.45, 2.75) is 38.3 Å². The van der Waals surface area contributed by atoms with Crippen LogP contribution in [-0.4, -0.2) is 55.7 Å². The average molecular weight is 386 g/mol. The maximum Gasteiger partial charge on any atom is 0.261 e. The molecule has 1 aromatic heterocycles. The maximum atomic E-state index is 13.1. The molecule has 0 radical (unpaired) electrons. The zero-order valence-electron chi connectivity index (χ0n) is 16.2. The van der Waals surface area contributed by atoms with Crippen molar-refractivity contribution < 1.29 is 9.53 Å². The molecule has 1 amide bonds. The molecule has 0 saturated carbocycles. The smallest absolute Gasteiger partial charge is 0.261 e. The predicted octanol–water partition coefficient (Wildman–Crippen LogP) is 3.33. The average Bonchev–Trinajstić information content (AvgIpc) is 3.10. The second-order valence-electron chi connectivity index (χ2n) is 8.64. The molecule has 5 nitrogen and oxygen atoms in total. The Hall–Kier alpha value is -1.79. The first-order valence-electron chi connectivity index (χ1n) is 9.91. The summed E-state index contributed by atoms with van der Waals surface area (Å²) in [5, 5.41) is 4.48. The lowest BCUT2D eigenvalue weighted by Crippen LogP contribution is -2.69. The van der Waals surface area contributed by atoms with Gasteiger partial charge in [0, 0.05) is 18.6 Å². The van der Waals surface area contributed by atoms with Gasteiger partial charge in [0.2, 0.25) is 0 Å². The van der Waals surface area contributed by atoms with Gasteiger partial charge in [0.15, 0.2) is 5.75 Å². The summed E-state index contributed by atoms with van der Waals surface area (Å²) in [5.74, 6) is 1.57. The summed E-state index contributed by atoms with van der Waals surface area (Å²) >= 11 is 1.55. The van der Waals surface area contributed by atoms with E-state index < -0.39 is 0 Å². The Morgan fingerprint density at radius 2 is 2.04 bits per heavy atom. The highest BCUT2D eigenvalue weighted by Gasteiger charge is 2.48. The maximum absolute atomic E-state index is 13.1. The first-order chi connectivity index (χ1) is 12.9. The summed E-state index contributed by atoms with van der Waals surface area (Å²) in [4.78, 5) is 18.6. The number of fused-ring (bicyclic) bond motifs is 6. The quantitative estimate of drug-likeness (QED) is 0.861. The summed E-state index contributed by atoms with van der Waals surface area (Å²) in [6.07, 6.45) is 2.38. The van der Waals surface area contributed by atoms with E-state index in [0.29, 0.717) is 12.5 Å². The van der Waals surface area contributed by atoms with Gasteiger partial charge in [-0.25, -0.2) is 0 Å². The molecule has 4 aliphatic rings. The monoisotopic (exact) mass is 385 g/mol. The van der Waals surface area contributed by atoms with Gasteiger partial charge < -0.3 is 15.0 Å². The molecule has 0 aliphatic carbocycles. The van der Waals surface area contributed by atoms with E-state index in [9.17, 15) is 4.79 Å². The number of carbonyl (C=O) groups is 1. The Bertz CT molecular complexity index is 898. The molecule has 6 rings (SSSR count). The van der Waals surface area contributed by atoms with Gasteiger partial charge in [0.05, 0.1) is 21.8 Å². The molecule has 2 aromatic rings. The minimum atomic E-state index is 0.0263. The number of ether oxygens (including phenoxy) is 1. The van der Waals surface area contributed by atoms with Crippen LogP contribution < -0.4 is 15.0 Å². The van der Waals surface area contributed by atoms with Crippen molar-refractivity contribution in [3.05, 3.63) is 23.1 Å². The summed E-state index contributed by atoms with van der Waals surface area (Å²) < 4.78 is 7.03. The van der Waals surface area contributed by atoms with Crippen molar-refractivity contribution in [2.75, 3.05) is 38.2 Å². The van der Waals surface area contributed by atoms with Gasteiger partial charge in [-0.1, -0.05) is 6.07 Å². The second kappa shape index (κ2) is 6.11. The SMILES string of the molecule is CN1CCOc2c1ccc1cc(C(=O)N[C@H]3C4CCN(CC4)C3(C)C)sc21. The van der Waals surface area contributed by atoms with Gasteiger partial charge in [-0.15, -0.1) is 11.3 Å². The van der Waals surface area contributed by atoms with E-state index >= 15 is 0 Å². The van der Waals surface area contributed by atoms with Crippen molar-refractivity contribution in [1.82, 2.24) is 10.2 Å². The number of piperidine rings is 3. The van der Waals surface area contributed by atoms with Crippen LogP contribution in [0.5, 0.6) is 5.75 Å². The van der Waals surface area contributed by atoms with Crippen LogP contribution in [0.2, 0.25) is 0 Å². The number of thiophene rings is 1. The number of nitrogens with zero attached hydrogens (tertiary/aromatic N) is 2. The first-order valence-corrected chi connectivity index (χ1v) is 10.7. The zero-order chi connectivity index (χ0) is 18.8. The van der Waals surface area contributed by atoms with E-state index in [2.05, 4.69) is 48.1 Å². The third-order valence-corrected chi connectivity index (χ3v) is 7.95. The lowest BCUT2D eigenvalue weighted by Gasteiger charge is -2.56. The number of hydrogen-bond acceptors (Lipinski definition) is 5. The molecule has 0 spiro atoms. The lowest BCUT2D eigenvalue weighted by molar-refractivity contribution is -0.0377. The van der Waals surface area contributed by atoms with Crippen LogP contribution in [0.15, 0.2) is 18.2 Å². The van der Waals surface area contributed by atoms with E-state index in [4.69, 9.17) is 4.74 Å². The predicted molar refractivity (Wildman–Crippen MR) is 110 cm³/mol. The molecule has 1 atom stereocenters. The molecule has 1 aromatic carbocycles. The van der Waals surface area contributed by atoms with E-state index in [-0.39, 0.29) is 17.5 Å². The summed E-state index contributed by atoms with van der Waals surface area (Å²) in [7, 11) is 2.09. The summed E-state index contributed by atoms with van der Waals surface area (Å²) in [6.45, 7) is 8.44. The molecular weight excluding hydrogens is 358 g/mol. The molecule has 2 bridgehead atoms. The number of benzene rings is 1. The van der Waals surface area contributed by atoms with Crippen molar-refractivity contribution in [2.24, 2.45) is 5.92 Å². The number of hydrogen-bond donors (Lipinski definition) is 1. The standard InChI is InChI=1S/C21H27N3O2S/c1-21(2)19(13-6-8-24(21)9-7-13)22-20(25)16-12-14-4-5-15-17(18(14)27-16)26-11-10-23(15)3/h4-5,12-13,19H,6-11H2,1-3H3,(H,22,25)/t19-/m0/s1. The second-order valence-corrected chi connectivity index (χ2v) is 9.69. The van der Waals surface area contributed by atoms with Crippen LogP contribution in [0.3, 0.4) is 0 Å². The number of anilines is 1. The Morgan fingerprint density at radius 1 is 1.26 bits per heavy atom. The Morgan fingerprint density at radius 3 is 2.78 bits per heavy atom. The van der Waals surface area contributed by atoms with Gasteiger partial charge in [-0.05, 0) is 63.2 Å². The van der Waals surface area contributed by atoms with Gasteiger partial charge in [-0.3, -0.25) is 9.69 Å². The largest absolute Gasteiger partial charge is 0.488 e. The van der Waals surface area contributed by atoms with Gasteiger partial charge >= 0.3 is 0 Å². The lowest BCUT2D eigenvalue weighted by atomic mass is 9.72. The van der Waals surface area contributed by atoms with E-state index in [1.807, 2.05) is 6.07 Å². The van der Waals surface area contributed by atoms with Gasteiger partial charge in [0.25, 0.3) is 5.91 Å². The Balaban J connectivity index is 1.45. The van der Waals surface area contributed by atoms with Crippen molar-refractivity contribution in [3.8, 4) is 5.75 Å². The van der Waals surface area contributed by atoms with E-state index in [0.717, 1.165) is 46.0 Å². The van der Waals surface area contributed by atoms with Crippen LogP contribution >= 0.6 is 11.3 Å². The molecule has 0 unspecified atom stereocenters. The van der Waals surface area contributed by atoms with Gasteiger partial charge in [0.1, 0.15) is 6.61 Å². The highest BCUT2D eigenvalue weighted by Crippen LogP contribution is 2.43. The highest BCUT2D eigenvalue weighted by molar-refractivity contribution is 7.21. The first kappa shape index (κ1) is 17.3. The third-order valence-electron chi connectivity index (χ3n) is 6.80. The highest BCUT2D eigenvalue weighted by atomic mass is 32.1. The van der Waals surface area contributed by atoms with E-state index in [1.165, 1.54) is 12.8 Å². The molecule has 5 heterocycles. The molecule has 3 saturated heterocycles. The fraction of sp³-hybridized carbons (Fsp3) is 0.571. The van der Waals surface area contributed by atoms with Crippen LogP contribution in [0.4, 0.5) is 5.69 Å². The number of carbonyl (C=O) groups excluding carboxylic acids is 1. The number of likely N-dealkylation sites (N-methyl/N-ethyl adjacent to an activating group) is 1. The Kier molecular flexibility index (Phi) is 3.92. The van der Waals surface area contributed by atoms with Crippen LogP contribution in [0.25, 0.3) is 10.1 Å². The molecule has 4 aliphatic heterocycles. The minimum Gasteiger partial charge on any atom is -0.488 e. The molecule has 6 heteroatoms. The normalized spacial score (nSPS) is 28.7. The molecule has 1 N–H and O–H groups in total.